The van der Waals surface area contributed by atoms with Crippen LogP contribution in [0.5, 0.6) is 0 Å². The van der Waals surface area contributed by atoms with Crippen LogP contribution in [0, 0.1) is 0 Å². The molecule has 0 unspecified atom stereocenters. The lowest BCUT2D eigenvalue weighted by Gasteiger charge is -2.07. The summed E-state index contributed by atoms with van der Waals surface area (Å²) >= 11 is 0. The molecule has 0 atom stereocenters. The van der Waals surface area contributed by atoms with Gasteiger partial charge in [-0.2, -0.15) is 4.58 Å². The van der Waals surface area contributed by atoms with Crippen LogP contribution in [0.1, 0.15) is 30.3 Å². The second-order valence-corrected chi connectivity index (χ2v) is 6.66. The molecule has 0 saturated heterocycles. The van der Waals surface area contributed by atoms with E-state index in [-0.39, 0.29) is 0 Å². The molecule has 1 aromatic carbocycles. The Hall–Kier alpha value is -2.95. The summed E-state index contributed by atoms with van der Waals surface area (Å²) in [4.78, 5) is 0. The maximum Gasteiger partial charge on any atom is 0.677 e. The summed E-state index contributed by atoms with van der Waals surface area (Å²) in [5, 5.41) is 0. The Morgan fingerprint density at radius 1 is 1.00 bits per heavy atom. The maximum absolute atomic E-state index is 13.5. The minimum Gasteiger partial charge on any atom is -0.329 e. The highest BCUT2D eigenvalue weighted by atomic mass is 19.2. The molecule has 2 aromatic rings. The fourth-order valence-corrected chi connectivity index (χ4v) is 3.22. The van der Waals surface area contributed by atoms with Crippen molar-refractivity contribution in [2.75, 3.05) is 7.05 Å². The van der Waals surface area contributed by atoms with Gasteiger partial charge in [-0.25, -0.2) is 0 Å². The summed E-state index contributed by atoms with van der Waals surface area (Å²) in [5.74, 6) is 0. The Kier molecular flexibility index (Phi) is 6.59. The first-order valence-corrected chi connectivity index (χ1v) is 9.48. The van der Waals surface area contributed by atoms with Gasteiger partial charge in [0.05, 0.1) is 0 Å². The van der Waals surface area contributed by atoms with Gasteiger partial charge in [0.1, 0.15) is 7.05 Å². The highest BCUT2D eigenvalue weighted by molar-refractivity contribution is 6.41. The summed E-state index contributed by atoms with van der Waals surface area (Å²) in [6.07, 6.45) is 15.2. The van der Waals surface area contributed by atoms with Gasteiger partial charge in [-0.15, -0.1) is 0 Å². The standard InChI is InChI=1S/C23H24BF2N2/c1-3-9-21-15-17-23(28(21)24(25)26)18-22-16-14-20(27(22)2)13-8-7-12-19-10-5-4-6-11-19/h4-8,10-18H,3,9H2,1-2H3/q+1/b12-7+,13-8+. The maximum atomic E-state index is 13.5. The van der Waals surface area contributed by atoms with E-state index < -0.39 is 7.40 Å². The van der Waals surface area contributed by atoms with Crippen molar-refractivity contribution >= 4 is 25.3 Å². The van der Waals surface area contributed by atoms with Crippen LogP contribution >= 0.6 is 0 Å². The van der Waals surface area contributed by atoms with Gasteiger partial charge in [0.2, 0.25) is 11.4 Å². The third kappa shape index (κ3) is 4.66. The van der Waals surface area contributed by atoms with Crippen LogP contribution in [-0.4, -0.2) is 29.2 Å². The smallest absolute Gasteiger partial charge is 0.329 e. The van der Waals surface area contributed by atoms with Crippen molar-refractivity contribution in [3.05, 3.63) is 95.5 Å². The topological polar surface area (TPSA) is 7.94 Å². The van der Waals surface area contributed by atoms with Crippen LogP contribution in [0.3, 0.4) is 0 Å². The number of likely N-dealkylation sites (N-methyl/N-ethyl adjacent to an activating group) is 1. The minimum atomic E-state index is -2.54. The van der Waals surface area contributed by atoms with Crippen LogP contribution < -0.4 is 0 Å². The van der Waals surface area contributed by atoms with Gasteiger partial charge in [-0.05, 0) is 24.1 Å². The van der Waals surface area contributed by atoms with Crippen molar-refractivity contribution in [1.82, 2.24) is 4.48 Å². The lowest BCUT2D eigenvalue weighted by Crippen LogP contribution is -2.18. The second kappa shape index (κ2) is 9.31. The normalized spacial score (nSPS) is 15.6. The zero-order chi connectivity index (χ0) is 19.9. The number of hydrogen-bond donors (Lipinski definition) is 0. The van der Waals surface area contributed by atoms with Gasteiger partial charge < -0.3 is 4.48 Å². The Morgan fingerprint density at radius 3 is 2.46 bits per heavy atom. The zero-order valence-corrected chi connectivity index (χ0v) is 16.2. The molecular weight excluding hydrogens is 353 g/mol. The van der Waals surface area contributed by atoms with Crippen molar-refractivity contribution < 1.29 is 13.2 Å². The Morgan fingerprint density at radius 2 is 1.75 bits per heavy atom. The molecule has 0 saturated carbocycles. The van der Waals surface area contributed by atoms with Crippen LogP contribution in [0.2, 0.25) is 0 Å². The molecule has 1 aromatic heterocycles. The predicted octanol–water partition coefficient (Wildman–Crippen LogP) is 5.48. The highest BCUT2D eigenvalue weighted by Gasteiger charge is 2.24. The third-order valence-corrected chi connectivity index (χ3v) is 4.70. The van der Waals surface area contributed by atoms with E-state index in [0.717, 1.165) is 27.9 Å². The summed E-state index contributed by atoms with van der Waals surface area (Å²) in [7, 11) is -0.597. The fraction of sp³-hybridized carbons (Fsp3) is 0.174. The van der Waals surface area contributed by atoms with Gasteiger partial charge in [0.25, 0.3) is 0 Å². The molecule has 2 nitrogen and oxygen atoms in total. The van der Waals surface area contributed by atoms with E-state index >= 15 is 0 Å². The number of halogens is 2. The van der Waals surface area contributed by atoms with Crippen LogP contribution in [0.15, 0.2) is 78.5 Å². The molecule has 0 bridgehead atoms. The molecular formula is C23H24BF2N2+. The van der Waals surface area contributed by atoms with E-state index in [4.69, 9.17) is 0 Å². The van der Waals surface area contributed by atoms with E-state index in [0.29, 0.717) is 17.8 Å². The second-order valence-electron chi connectivity index (χ2n) is 6.66. The van der Waals surface area contributed by atoms with Gasteiger partial charge in [-0.3, -0.25) is 8.63 Å². The average molecular weight is 377 g/mol. The Balaban J connectivity index is 1.78. The molecule has 0 N–H and O–H groups in total. The molecule has 5 heteroatoms. The van der Waals surface area contributed by atoms with E-state index in [9.17, 15) is 8.63 Å². The molecule has 2 heterocycles. The SMILES string of the molecule is CCCc1ccc(/C=C2/C=CC(/C=C/C=C/c3ccccc3)=[N+]2C)n1B(F)F. The quantitative estimate of drug-likeness (QED) is 0.343. The first-order chi connectivity index (χ1) is 13.6. The number of nitrogens with zero attached hydrogens (tertiary/aromatic N) is 2. The average Bonchev–Trinajstić information content (AvgIpc) is 3.24. The van der Waals surface area contributed by atoms with E-state index in [1.165, 1.54) is 0 Å². The number of benzene rings is 1. The van der Waals surface area contributed by atoms with Crippen molar-refractivity contribution in [3.8, 4) is 0 Å². The molecule has 0 radical (unpaired) electrons. The molecule has 28 heavy (non-hydrogen) atoms. The molecule has 0 fully saturated rings. The molecule has 0 aliphatic carbocycles. The van der Waals surface area contributed by atoms with Gasteiger partial charge in [0, 0.05) is 35.7 Å². The Bertz CT molecular complexity index is 964. The highest BCUT2D eigenvalue weighted by Crippen LogP contribution is 2.19. The minimum absolute atomic E-state index is 0.527. The molecule has 142 valence electrons. The van der Waals surface area contributed by atoms with E-state index in [2.05, 4.69) is 0 Å². The zero-order valence-electron chi connectivity index (χ0n) is 16.2. The van der Waals surface area contributed by atoms with E-state index in [1.54, 1.807) is 12.1 Å². The number of aryl methyl sites for hydroxylation is 1. The largest absolute Gasteiger partial charge is 0.677 e. The summed E-state index contributed by atoms with van der Waals surface area (Å²) in [6.45, 7) is 1.99. The van der Waals surface area contributed by atoms with Gasteiger partial charge in [-0.1, -0.05) is 61.9 Å². The lowest BCUT2D eigenvalue weighted by molar-refractivity contribution is -0.431. The van der Waals surface area contributed by atoms with Gasteiger partial charge in [0.15, 0.2) is 0 Å². The molecule has 1 aliphatic heterocycles. The van der Waals surface area contributed by atoms with E-state index in [1.807, 2.05) is 91.4 Å². The summed E-state index contributed by atoms with van der Waals surface area (Å²) in [6, 6.07) is 13.6. The first-order valence-electron chi connectivity index (χ1n) is 9.48. The molecule has 0 amide bonds. The molecule has 3 rings (SSSR count). The van der Waals surface area contributed by atoms with Crippen molar-refractivity contribution in [3.63, 3.8) is 0 Å². The first kappa shape index (κ1) is 19.8. The van der Waals surface area contributed by atoms with Crippen LogP contribution in [-0.2, 0) is 6.42 Å². The number of aromatic nitrogens is 1. The van der Waals surface area contributed by atoms with Gasteiger partial charge >= 0.3 is 7.40 Å². The number of allylic oxidation sites excluding steroid dienone is 5. The predicted molar refractivity (Wildman–Crippen MR) is 115 cm³/mol. The number of rotatable bonds is 7. The van der Waals surface area contributed by atoms with Crippen molar-refractivity contribution in [2.24, 2.45) is 0 Å². The van der Waals surface area contributed by atoms with Crippen LogP contribution in [0.25, 0.3) is 12.2 Å². The third-order valence-electron chi connectivity index (χ3n) is 4.70. The molecule has 1 aliphatic rings. The summed E-state index contributed by atoms with van der Waals surface area (Å²) < 4.78 is 30.1. The number of hydrogen-bond acceptors (Lipinski definition) is 0. The van der Waals surface area contributed by atoms with Crippen molar-refractivity contribution in [1.29, 1.82) is 0 Å². The monoisotopic (exact) mass is 377 g/mol. The van der Waals surface area contributed by atoms with Crippen molar-refractivity contribution in [2.45, 2.75) is 19.8 Å². The molecule has 0 spiro atoms. The summed E-state index contributed by atoms with van der Waals surface area (Å²) in [5.41, 5.74) is 4.23. The Labute approximate surface area is 165 Å². The lowest BCUT2D eigenvalue weighted by atomic mass is 10.1. The van der Waals surface area contributed by atoms with Crippen LogP contribution in [0.4, 0.5) is 8.63 Å². The fourth-order valence-electron chi connectivity index (χ4n) is 3.22.